The maximum atomic E-state index is 12.6. The fourth-order valence-corrected chi connectivity index (χ4v) is 2.97. The van der Waals surface area contributed by atoms with Gasteiger partial charge in [-0.05, 0) is 43.2 Å². The molecule has 1 heterocycles. The topological polar surface area (TPSA) is 59.2 Å². The second-order valence-electron chi connectivity index (χ2n) is 5.43. The number of carbonyl (C=O) groups excluding carboxylic acids is 1. The highest BCUT2D eigenvalue weighted by molar-refractivity contribution is 6.31. The van der Waals surface area contributed by atoms with Crippen LogP contribution in [0.5, 0.6) is 0 Å². The fraction of sp³-hybridized carbons (Fsp3) is 0.158. The third kappa shape index (κ3) is 2.81. The minimum absolute atomic E-state index is 0.000849. The number of nitrogens with one attached hydrogen (secondary N) is 1. The van der Waals surface area contributed by atoms with Crippen molar-refractivity contribution in [1.82, 2.24) is 4.98 Å². The summed E-state index contributed by atoms with van der Waals surface area (Å²) in [7, 11) is 0. The van der Waals surface area contributed by atoms with E-state index in [1.165, 1.54) is 0 Å². The van der Waals surface area contributed by atoms with Crippen molar-refractivity contribution in [1.29, 1.82) is 0 Å². The number of fused-ring (bicyclic) bond motifs is 1. The van der Waals surface area contributed by atoms with Crippen LogP contribution in [0, 0.1) is 6.92 Å². The maximum absolute atomic E-state index is 12.6. The van der Waals surface area contributed by atoms with Crippen molar-refractivity contribution in [2.75, 3.05) is 6.61 Å². The molecule has 0 saturated carbocycles. The highest BCUT2D eigenvalue weighted by atomic mass is 35.5. The van der Waals surface area contributed by atoms with E-state index in [1.54, 1.807) is 25.1 Å². The molecule has 0 bridgehead atoms. The van der Waals surface area contributed by atoms with Crippen LogP contribution in [0.3, 0.4) is 0 Å². The van der Waals surface area contributed by atoms with Gasteiger partial charge in [-0.3, -0.25) is 4.79 Å². The summed E-state index contributed by atoms with van der Waals surface area (Å²) < 4.78 is 5.10. The van der Waals surface area contributed by atoms with E-state index in [0.717, 1.165) is 11.1 Å². The van der Waals surface area contributed by atoms with Gasteiger partial charge < -0.3 is 9.72 Å². The molecule has 0 spiro atoms. The molecule has 0 aliphatic carbocycles. The van der Waals surface area contributed by atoms with Gasteiger partial charge in [-0.1, -0.05) is 35.9 Å². The van der Waals surface area contributed by atoms with Crippen LogP contribution in [-0.2, 0) is 4.74 Å². The summed E-state index contributed by atoms with van der Waals surface area (Å²) in [6, 6.07) is 12.8. The first-order valence-corrected chi connectivity index (χ1v) is 7.99. The van der Waals surface area contributed by atoms with Gasteiger partial charge in [0.25, 0.3) is 5.56 Å². The van der Waals surface area contributed by atoms with E-state index < -0.39 is 11.5 Å². The molecule has 1 aromatic heterocycles. The lowest BCUT2D eigenvalue weighted by Gasteiger charge is -2.14. The Hall–Kier alpha value is -2.59. The number of aromatic amines is 1. The van der Waals surface area contributed by atoms with Crippen LogP contribution in [0.1, 0.15) is 22.8 Å². The van der Waals surface area contributed by atoms with Crippen molar-refractivity contribution in [3.8, 4) is 11.1 Å². The first kappa shape index (κ1) is 16.3. The molecular weight excluding hydrogens is 326 g/mol. The molecule has 0 saturated heterocycles. The van der Waals surface area contributed by atoms with E-state index in [1.807, 2.05) is 31.2 Å². The summed E-state index contributed by atoms with van der Waals surface area (Å²) >= 11 is 6.14. The number of esters is 1. The number of halogens is 1. The van der Waals surface area contributed by atoms with E-state index in [9.17, 15) is 9.59 Å². The van der Waals surface area contributed by atoms with Gasteiger partial charge in [-0.15, -0.1) is 0 Å². The quantitative estimate of drug-likeness (QED) is 0.721. The van der Waals surface area contributed by atoms with Crippen molar-refractivity contribution >= 4 is 28.5 Å². The van der Waals surface area contributed by atoms with E-state index in [-0.39, 0.29) is 12.2 Å². The zero-order chi connectivity index (χ0) is 17.3. The molecule has 2 aromatic carbocycles. The summed E-state index contributed by atoms with van der Waals surface area (Å²) in [5, 5.41) is 1.23. The zero-order valence-corrected chi connectivity index (χ0v) is 14.1. The SMILES string of the molecule is CCOC(=O)c1c(-c2ccccc2C)c2cc(Cl)ccc2[nH]c1=O. The predicted molar refractivity (Wildman–Crippen MR) is 95.7 cm³/mol. The molecule has 24 heavy (non-hydrogen) atoms. The lowest BCUT2D eigenvalue weighted by molar-refractivity contribution is 0.0525. The maximum Gasteiger partial charge on any atom is 0.344 e. The largest absolute Gasteiger partial charge is 0.462 e. The average molecular weight is 342 g/mol. The van der Waals surface area contributed by atoms with E-state index >= 15 is 0 Å². The van der Waals surface area contributed by atoms with E-state index in [4.69, 9.17) is 16.3 Å². The van der Waals surface area contributed by atoms with Gasteiger partial charge in [0.1, 0.15) is 5.56 Å². The molecule has 0 amide bonds. The van der Waals surface area contributed by atoms with Crippen molar-refractivity contribution in [2.45, 2.75) is 13.8 Å². The van der Waals surface area contributed by atoms with Gasteiger partial charge in [0, 0.05) is 21.5 Å². The van der Waals surface area contributed by atoms with Crippen LogP contribution in [-0.4, -0.2) is 17.6 Å². The third-order valence-corrected chi connectivity index (χ3v) is 4.11. The number of pyridine rings is 1. The standard InChI is InChI=1S/C19H16ClNO3/c1-3-24-19(23)17-16(13-7-5-4-6-11(13)2)14-10-12(20)8-9-15(14)21-18(17)22/h4-10H,3H2,1-2H3,(H,21,22). The van der Waals surface area contributed by atoms with Crippen LogP contribution in [0.25, 0.3) is 22.0 Å². The molecule has 0 aliphatic rings. The average Bonchev–Trinajstić information content (AvgIpc) is 2.55. The zero-order valence-electron chi connectivity index (χ0n) is 13.4. The molecule has 4 nitrogen and oxygen atoms in total. The Labute approximate surface area is 144 Å². The number of aryl methyl sites for hydroxylation is 1. The summed E-state index contributed by atoms with van der Waals surface area (Å²) in [5.41, 5.74) is 2.46. The molecule has 122 valence electrons. The van der Waals surface area contributed by atoms with Gasteiger partial charge in [0.15, 0.2) is 0 Å². The second kappa shape index (κ2) is 6.49. The number of hydrogen-bond acceptors (Lipinski definition) is 3. The van der Waals surface area contributed by atoms with Gasteiger partial charge in [0.2, 0.25) is 0 Å². The van der Waals surface area contributed by atoms with Gasteiger partial charge >= 0.3 is 5.97 Å². The summed E-state index contributed by atoms with van der Waals surface area (Å²) in [6.45, 7) is 3.83. The van der Waals surface area contributed by atoms with Crippen molar-refractivity contribution < 1.29 is 9.53 Å². The van der Waals surface area contributed by atoms with Crippen LogP contribution < -0.4 is 5.56 Å². The number of H-pyrrole nitrogens is 1. The lowest BCUT2D eigenvalue weighted by Crippen LogP contribution is -2.21. The number of hydrogen-bond donors (Lipinski definition) is 1. The Morgan fingerprint density at radius 2 is 1.96 bits per heavy atom. The molecule has 0 atom stereocenters. The van der Waals surface area contributed by atoms with Crippen molar-refractivity contribution in [3.05, 3.63) is 69.0 Å². The Morgan fingerprint density at radius 3 is 2.67 bits per heavy atom. The van der Waals surface area contributed by atoms with Gasteiger partial charge in [-0.25, -0.2) is 4.79 Å². The molecule has 0 aliphatic heterocycles. The van der Waals surface area contributed by atoms with Crippen LogP contribution in [0.2, 0.25) is 5.02 Å². The first-order chi connectivity index (χ1) is 11.5. The monoisotopic (exact) mass is 341 g/mol. The predicted octanol–water partition coefficient (Wildman–Crippen LogP) is 4.33. The molecule has 0 unspecified atom stereocenters. The normalized spacial score (nSPS) is 10.8. The number of benzene rings is 2. The Bertz CT molecular complexity index is 992. The molecule has 1 N–H and O–H groups in total. The summed E-state index contributed by atoms with van der Waals surface area (Å²) in [6.07, 6.45) is 0. The number of ether oxygens (including phenoxy) is 1. The smallest absolute Gasteiger partial charge is 0.344 e. The first-order valence-electron chi connectivity index (χ1n) is 7.61. The van der Waals surface area contributed by atoms with Crippen molar-refractivity contribution in [2.24, 2.45) is 0 Å². The number of carbonyl (C=O) groups is 1. The van der Waals surface area contributed by atoms with Crippen LogP contribution in [0.4, 0.5) is 0 Å². The third-order valence-electron chi connectivity index (χ3n) is 3.87. The fourth-order valence-electron chi connectivity index (χ4n) is 2.80. The van der Waals surface area contributed by atoms with Crippen LogP contribution >= 0.6 is 11.6 Å². The Morgan fingerprint density at radius 1 is 1.21 bits per heavy atom. The lowest BCUT2D eigenvalue weighted by atomic mass is 9.93. The second-order valence-corrected chi connectivity index (χ2v) is 5.87. The van der Waals surface area contributed by atoms with E-state index in [2.05, 4.69) is 4.98 Å². The summed E-state index contributed by atoms with van der Waals surface area (Å²) in [4.78, 5) is 27.7. The highest BCUT2D eigenvalue weighted by Gasteiger charge is 2.22. The molecule has 0 radical (unpaired) electrons. The summed E-state index contributed by atoms with van der Waals surface area (Å²) in [5.74, 6) is -0.640. The van der Waals surface area contributed by atoms with Crippen LogP contribution in [0.15, 0.2) is 47.3 Å². The molecule has 3 rings (SSSR count). The van der Waals surface area contributed by atoms with Gasteiger partial charge in [0.05, 0.1) is 6.61 Å². The minimum atomic E-state index is -0.640. The molecular formula is C19H16ClNO3. The van der Waals surface area contributed by atoms with Gasteiger partial charge in [-0.2, -0.15) is 0 Å². The van der Waals surface area contributed by atoms with Crippen molar-refractivity contribution in [3.63, 3.8) is 0 Å². The molecule has 0 fully saturated rings. The molecule has 3 aromatic rings. The number of rotatable bonds is 3. The highest BCUT2D eigenvalue weighted by Crippen LogP contribution is 2.33. The minimum Gasteiger partial charge on any atom is -0.462 e. The Kier molecular flexibility index (Phi) is 4.40. The number of aromatic nitrogens is 1. The van der Waals surface area contributed by atoms with E-state index in [0.29, 0.717) is 21.5 Å². The molecule has 5 heteroatoms. The Balaban J connectivity index is 2.48.